The van der Waals surface area contributed by atoms with Gasteiger partial charge in [-0.2, -0.15) is 0 Å². The van der Waals surface area contributed by atoms with E-state index < -0.39 is 0 Å². The van der Waals surface area contributed by atoms with Crippen molar-refractivity contribution in [1.82, 2.24) is 9.80 Å². The lowest BCUT2D eigenvalue weighted by atomic mass is 10.1. The monoisotopic (exact) mass is 386 g/mol. The first kappa shape index (κ1) is 19.6. The molecule has 0 saturated carbocycles. The van der Waals surface area contributed by atoms with Crippen molar-refractivity contribution >= 4 is 17.7 Å². The Bertz CT molecular complexity index is 726. The Balaban J connectivity index is 1.40. The first-order chi connectivity index (χ1) is 13.2. The van der Waals surface area contributed by atoms with Crippen molar-refractivity contribution in [3.05, 3.63) is 54.1 Å². The lowest BCUT2D eigenvalue weighted by molar-refractivity contribution is 0.0620. The fraction of sp³-hybridized carbons (Fsp3) is 0.381. The van der Waals surface area contributed by atoms with E-state index in [4.69, 9.17) is 9.47 Å². The van der Waals surface area contributed by atoms with Crippen LogP contribution >= 0.6 is 11.8 Å². The minimum atomic E-state index is 0.0856. The summed E-state index contributed by atoms with van der Waals surface area (Å²) in [4.78, 5) is 18.1. The molecule has 27 heavy (non-hydrogen) atoms. The van der Waals surface area contributed by atoms with Crippen molar-refractivity contribution in [2.75, 3.05) is 52.7 Å². The number of hydrogen-bond acceptors (Lipinski definition) is 5. The average molecular weight is 387 g/mol. The summed E-state index contributed by atoms with van der Waals surface area (Å²) in [5.74, 6) is 1.75. The highest BCUT2D eigenvalue weighted by Crippen LogP contribution is 2.19. The van der Waals surface area contributed by atoms with Crippen molar-refractivity contribution < 1.29 is 14.3 Å². The zero-order valence-corrected chi connectivity index (χ0v) is 16.7. The molecular formula is C21H26N2O3S. The number of nitrogens with zero attached hydrogens (tertiary/aromatic N) is 2. The maximum Gasteiger partial charge on any atom is 0.253 e. The van der Waals surface area contributed by atoms with E-state index in [0.717, 1.165) is 44.2 Å². The summed E-state index contributed by atoms with van der Waals surface area (Å²) in [6, 6.07) is 15.5. The van der Waals surface area contributed by atoms with Gasteiger partial charge in [0.15, 0.2) is 0 Å². The molecule has 1 amide bonds. The van der Waals surface area contributed by atoms with Gasteiger partial charge < -0.3 is 14.4 Å². The molecule has 1 fully saturated rings. The molecule has 0 radical (unpaired) electrons. The summed E-state index contributed by atoms with van der Waals surface area (Å²) in [5, 5.41) is 0. The normalized spacial score (nSPS) is 14.8. The molecule has 1 aliphatic rings. The van der Waals surface area contributed by atoms with Gasteiger partial charge >= 0.3 is 0 Å². The molecule has 0 spiro atoms. The second-order valence-corrected chi connectivity index (χ2v) is 7.27. The summed E-state index contributed by atoms with van der Waals surface area (Å²) < 4.78 is 11.0. The van der Waals surface area contributed by atoms with Gasteiger partial charge in [-0.1, -0.05) is 0 Å². The minimum Gasteiger partial charge on any atom is -0.497 e. The first-order valence-electron chi connectivity index (χ1n) is 9.12. The number of thioether (sulfide) groups is 1. The highest BCUT2D eigenvalue weighted by Gasteiger charge is 2.22. The number of piperazine rings is 1. The molecule has 0 unspecified atom stereocenters. The van der Waals surface area contributed by atoms with Gasteiger partial charge in [-0.05, 0) is 54.8 Å². The number of amides is 1. The molecule has 0 N–H and O–H groups in total. The summed E-state index contributed by atoms with van der Waals surface area (Å²) in [5.41, 5.74) is 0.710. The van der Waals surface area contributed by atoms with Gasteiger partial charge in [0, 0.05) is 43.2 Å². The molecule has 5 nitrogen and oxygen atoms in total. The van der Waals surface area contributed by atoms with Crippen LogP contribution in [0.3, 0.4) is 0 Å². The van der Waals surface area contributed by atoms with Gasteiger partial charge in [-0.25, -0.2) is 0 Å². The van der Waals surface area contributed by atoms with Crippen LogP contribution in [0.25, 0.3) is 0 Å². The lowest BCUT2D eigenvalue weighted by Gasteiger charge is -2.34. The number of carbonyl (C=O) groups is 1. The van der Waals surface area contributed by atoms with Crippen LogP contribution in [0.2, 0.25) is 0 Å². The smallest absolute Gasteiger partial charge is 0.253 e. The van der Waals surface area contributed by atoms with Gasteiger partial charge in [-0.3, -0.25) is 9.69 Å². The molecule has 0 aliphatic carbocycles. The van der Waals surface area contributed by atoms with Crippen LogP contribution in [0, 0.1) is 0 Å². The Labute approximate surface area is 165 Å². The van der Waals surface area contributed by atoms with Crippen LogP contribution in [0.4, 0.5) is 0 Å². The van der Waals surface area contributed by atoms with Gasteiger partial charge in [0.2, 0.25) is 0 Å². The fourth-order valence-corrected chi connectivity index (χ4v) is 3.46. The van der Waals surface area contributed by atoms with Crippen molar-refractivity contribution in [2.45, 2.75) is 4.90 Å². The number of benzene rings is 2. The van der Waals surface area contributed by atoms with Gasteiger partial charge in [0.1, 0.15) is 18.1 Å². The van der Waals surface area contributed by atoms with Crippen molar-refractivity contribution in [2.24, 2.45) is 0 Å². The predicted octanol–water partition coefficient (Wildman–Crippen LogP) is 3.25. The van der Waals surface area contributed by atoms with E-state index >= 15 is 0 Å². The minimum absolute atomic E-state index is 0.0856. The molecule has 6 heteroatoms. The van der Waals surface area contributed by atoms with Crippen molar-refractivity contribution in [3.8, 4) is 11.5 Å². The third-order valence-electron chi connectivity index (χ3n) is 4.73. The van der Waals surface area contributed by atoms with Crippen LogP contribution in [0.1, 0.15) is 10.4 Å². The Morgan fingerprint density at radius 3 is 2.19 bits per heavy atom. The van der Waals surface area contributed by atoms with E-state index in [0.29, 0.717) is 12.2 Å². The van der Waals surface area contributed by atoms with Crippen LogP contribution in [0.5, 0.6) is 11.5 Å². The molecule has 0 atom stereocenters. The molecule has 1 saturated heterocycles. The Morgan fingerprint density at radius 2 is 1.59 bits per heavy atom. The van der Waals surface area contributed by atoms with E-state index in [1.165, 1.54) is 4.90 Å². The molecule has 2 aromatic carbocycles. The topological polar surface area (TPSA) is 42.0 Å². The van der Waals surface area contributed by atoms with Gasteiger partial charge in [0.25, 0.3) is 5.91 Å². The molecule has 0 bridgehead atoms. The number of hydrogen-bond donors (Lipinski definition) is 0. The summed E-state index contributed by atoms with van der Waals surface area (Å²) in [6.45, 7) is 4.76. The second kappa shape index (κ2) is 9.67. The van der Waals surface area contributed by atoms with Gasteiger partial charge in [0.05, 0.1) is 7.11 Å². The maximum absolute atomic E-state index is 12.6. The van der Waals surface area contributed by atoms with Crippen molar-refractivity contribution in [1.29, 1.82) is 0 Å². The van der Waals surface area contributed by atoms with E-state index in [2.05, 4.69) is 23.3 Å². The van der Waals surface area contributed by atoms with Crippen molar-refractivity contribution in [3.63, 3.8) is 0 Å². The number of ether oxygens (including phenoxy) is 2. The highest BCUT2D eigenvalue weighted by atomic mass is 32.2. The lowest BCUT2D eigenvalue weighted by Crippen LogP contribution is -2.49. The van der Waals surface area contributed by atoms with E-state index in [1.54, 1.807) is 18.9 Å². The fourth-order valence-electron chi connectivity index (χ4n) is 3.06. The third kappa shape index (κ3) is 5.40. The zero-order chi connectivity index (χ0) is 19.1. The Kier molecular flexibility index (Phi) is 7.01. The molecule has 1 heterocycles. The van der Waals surface area contributed by atoms with Crippen LogP contribution < -0.4 is 9.47 Å². The van der Waals surface area contributed by atoms with E-state index in [1.807, 2.05) is 41.3 Å². The number of rotatable bonds is 7. The summed E-state index contributed by atoms with van der Waals surface area (Å²) in [6.07, 6.45) is 2.06. The number of carbonyl (C=O) groups excluding carboxylic acids is 1. The standard InChI is InChI=1S/C21H26N2O3S/c1-25-18-5-3-17(4-6-18)21(24)23-13-11-22(12-14-23)15-16-26-19-7-9-20(27-2)10-8-19/h3-10H,11-16H2,1-2H3. The molecule has 2 aromatic rings. The average Bonchev–Trinajstić information content (AvgIpc) is 2.74. The molecular weight excluding hydrogens is 360 g/mol. The molecule has 1 aliphatic heterocycles. The molecule has 0 aromatic heterocycles. The largest absolute Gasteiger partial charge is 0.497 e. The van der Waals surface area contributed by atoms with Crippen LogP contribution in [0.15, 0.2) is 53.4 Å². The maximum atomic E-state index is 12.6. The summed E-state index contributed by atoms with van der Waals surface area (Å²) in [7, 11) is 1.62. The van der Waals surface area contributed by atoms with Crippen LogP contribution in [-0.2, 0) is 0 Å². The zero-order valence-electron chi connectivity index (χ0n) is 15.9. The molecule has 144 valence electrons. The highest BCUT2D eigenvalue weighted by molar-refractivity contribution is 7.98. The third-order valence-corrected chi connectivity index (χ3v) is 5.48. The molecule has 3 rings (SSSR count). The van der Waals surface area contributed by atoms with E-state index in [9.17, 15) is 4.79 Å². The predicted molar refractivity (Wildman–Crippen MR) is 109 cm³/mol. The first-order valence-corrected chi connectivity index (χ1v) is 10.3. The Morgan fingerprint density at radius 1 is 0.963 bits per heavy atom. The second-order valence-electron chi connectivity index (χ2n) is 6.39. The van der Waals surface area contributed by atoms with Crippen LogP contribution in [-0.4, -0.2) is 68.4 Å². The number of methoxy groups -OCH3 is 1. The SMILES string of the molecule is COc1ccc(C(=O)N2CCN(CCOc3ccc(SC)cc3)CC2)cc1. The Hall–Kier alpha value is -2.18. The van der Waals surface area contributed by atoms with E-state index in [-0.39, 0.29) is 5.91 Å². The van der Waals surface area contributed by atoms with Gasteiger partial charge in [-0.15, -0.1) is 11.8 Å². The quantitative estimate of drug-likeness (QED) is 0.684. The summed E-state index contributed by atoms with van der Waals surface area (Å²) >= 11 is 1.72.